The van der Waals surface area contributed by atoms with Gasteiger partial charge in [-0.05, 0) is 22.4 Å². The van der Waals surface area contributed by atoms with Gasteiger partial charge in [0, 0.05) is 22.7 Å². The predicted octanol–water partition coefficient (Wildman–Crippen LogP) is 4.83. The lowest BCUT2D eigenvalue weighted by Crippen LogP contribution is -2.13. The molecule has 1 heterocycles. The maximum Gasteiger partial charge on any atom is 0.0463 e. The van der Waals surface area contributed by atoms with Crippen molar-refractivity contribution in [2.24, 2.45) is 0 Å². The molecule has 18 heavy (non-hydrogen) atoms. The van der Waals surface area contributed by atoms with E-state index >= 15 is 0 Å². The molecule has 1 aromatic heterocycles. The molecule has 0 fully saturated rings. The third-order valence-electron chi connectivity index (χ3n) is 3.36. The van der Waals surface area contributed by atoms with E-state index in [-0.39, 0.29) is 10.8 Å². The predicted molar refractivity (Wildman–Crippen MR) is 79.1 cm³/mol. The summed E-state index contributed by atoms with van der Waals surface area (Å²) in [7, 11) is 0. The van der Waals surface area contributed by atoms with E-state index in [2.05, 4.69) is 70.8 Å². The van der Waals surface area contributed by atoms with Gasteiger partial charge in [0.25, 0.3) is 0 Å². The number of benzene rings is 1. The van der Waals surface area contributed by atoms with Crippen LogP contribution >= 0.6 is 0 Å². The smallest absolute Gasteiger partial charge is 0.0463 e. The lowest BCUT2D eigenvalue weighted by molar-refractivity contribution is 0.570. The molecule has 2 aromatic rings. The van der Waals surface area contributed by atoms with Gasteiger partial charge in [-0.15, -0.1) is 0 Å². The minimum atomic E-state index is 0.103. The molecule has 1 nitrogen and oxygen atoms in total. The molecular weight excluding hydrogens is 218 g/mol. The molecule has 1 aromatic carbocycles. The maximum atomic E-state index is 4.57. The fourth-order valence-corrected chi connectivity index (χ4v) is 2.02. The molecule has 0 saturated heterocycles. The molecule has 0 aliphatic heterocycles. The van der Waals surface area contributed by atoms with E-state index in [0.717, 1.165) is 5.69 Å². The summed E-state index contributed by atoms with van der Waals surface area (Å²) in [6.07, 6.45) is 1.99. The van der Waals surface area contributed by atoms with Crippen molar-refractivity contribution < 1.29 is 0 Å². The normalized spacial score (nSPS) is 13.0. The summed E-state index contributed by atoms with van der Waals surface area (Å²) in [5, 5.41) is 2.51. The van der Waals surface area contributed by atoms with Crippen molar-refractivity contribution in [2.45, 2.75) is 52.4 Å². The first-order valence-electron chi connectivity index (χ1n) is 6.59. The summed E-state index contributed by atoms with van der Waals surface area (Å²) >= 11 is 0. The molecule has 0 unspecified atom stereocenters. The summed E-state index contributed by atoms with van der Waals surface area (Å²) in [6.45, 7) is 13.4. The van der Waals surface area contributed by atoms with Crippen molar-refractivity contribution in [1.82, 2.24) is 4.98 Å². The fourth-order valence-electron chi connectivity index (χ4n) is 2.02. The Hall–Kier alpha value is -1.37. The number of hydrogen-bond donors (Lipinski definition) is 0. The van der Waals surface area contributed by atoms with Crippen LogP contribution in [0.4, 0.5) is 0 Å². The highest BCUT2D eigenvalue weighted by Gasteiger charge is 2.17. The largest absolute Gasteiger partial charge is 0.260 e. The minimum Gasteiger partial charge on any atom is -0.260 e. The van der Waals surface area contributed by atoms with Crippen molar-refractivity contribution in [3.8, 4) is 0 Å². The lowest BCUT2D eigenvalue weighted by atomic mass is 9.85. The summed E-state index contributed by atoms with van der Waals surface area (Å²) < 4.78 is 0. The summed E-state index contributed by atoms with van der Waals surface area (Å²) in [5.41, 5.74) is 2.83. The number of hydrogen-bond acceptors (Lipinski definition) is 1. The van der Waals surface area contributed by atoms with Crippen LogP contribution in [0.2, 0.25) is 0 Å². The van der Waals surface area contributed by atoms with Gasteiger partial charge in [-0.25, -0.2) is 0 Å². The second-order valence-electron chi connectivity index (χ2n) is 7.13. The molecule has 96 valence electrons. The SMILES string of the molecule is CC(C)(C)c1ccc2cnc(C(C)(C)C)cc2c1. The van der Waals surface area contributed by atoms with Crippen molar-refractivity contribution in [1.29, 1.82) is 0 Å². The number of rotatable bonds is 0. The van der Waals surface area contributed by atoms with Gasteiger partial charge >= 0.3 is 0 Å². The second kappa shape index (κ2) is 4.08. The average molecular weight is 241 g/mol. The molecule has 1 heteroatoms. The second-order valence-corrected chi connectivity index (χ2v) is 7.13. The van der Waals surface area contributed by atoms with E-state index in [0.29, 0.717) is 0 Å². The number of nitrogens with zero attached hydrogens (tertiary/aromatic N) is 1. The van der Waals surface area contributed by atoms with Crippen LogP contribution in [0.25, 0.3) is 10.8 Å². The summed E-state index contributed by atoms with van der Waals surface area (Å²) in [6, 6.07) is 8.91. The quantitative estimate of drug-likeness (QED) is 0.643. The van der Waals surface area contributed by atoms with Crippen molar-refractivity contribution in [3.05, 3.63) is 41.7 Å². The first-order chi connectivity index (χ1) is 8.18. The molecular formula is C17H23N. The topological polar surface area (TPSA) is 12.9 Å². The van der Waals surface area contributed by atoms with E-state index in [1.165, 1.54) is 16.3 Å². The Morgan fingerprint density at radius 3 is 2.00 bits per heavy atom. The van der Waals surface area contributed by atoms with Crippen LogP contribution in [0, 0.1) is 0 Å². The van der Waals surface area contributed by atoms with Crippen molar-refractivity contribution >= 4 is 10.8 Å². The molecule has 0 aliphatic rings. The minimum absolute atomic E-state index is 0.103. The van der Waals surface area contributed by atoms with E-state index < -0.39 is 0 Å². The Morgan fingerprint density at radius 1 is 0.778 bits per heavy atom. The van der Waals surface area contributed by atoms with Gasteiger partial charge in [-0.3, -0.25) is 4.98 Å². The molecule has 0 bridgehead atoms. The van der Waals surface area contributed by atoms with Crippen LogP contribution in [-0.2, 0) is 10.8 Å². The number of pyridine rings is 1. The first-order valence-corrected chi connectivity index (χ1v) is 6.59. The number of aromatic nitrogens is 1. The Labute approximate surface area is 110 Å². The van der Waals surface area contributed by atoms with Crippen LogP contribution in [-0.4, -0.2) is 4.98 Å². The lowest BCUT2D eigenvalue weighted by Gasteiger charge is -2.21. The molecule has 0 saturated carbocycles. The van der Waals surface area contributed by atoms with Gasteiger partial charge in [0.15, 0.2) is 0 Å². The third kappa shape index (κ3) is 2.55. The Morgan fingerprint density at radius 2 is 1.44 bits per heavy atom. The Balaban J connectivity index is 2.61. The molecule has 0 radical (unpaired) electrons. The highest BCUT2D eigenvalue weighted by Crippen LogP contribution is 2.28. The van der Waals surface area contributed by atoms with Crippen molar-refractivity contribution in [2.75, 3.05) is 0 Å². The van der Waals surface area contributed by atoms with Gasteiger partial charge in [0.2, 0.25) is 0 Å². The van der Waals surface area contributed by atoms with Crippen LogP contribution in [0.3, 0.4) is 0 Å². The van der Waals surface area contributed by atoms with Crippen LogP contribution < -0.4 is 0 Å². The zero-order valence-electron chi connectivity index (χ0n) is 12.3. The first kappa shape index (κ1) is 13.1. The monoisotopic (exact) mass is 241 g/mol. The van der Waals surface area contributed by atoms with Crippen LogP contribution in [0.5, 0.6) is 0 Å². The summed E-state index contributed by atoms with van der Waals surface area (Å²) in [4.78, 5) is 4.57. The van der Waals surface area contributed by atoms with Gasteiger partial charge in [-0.1, -0.05) is 59.7 Å². The van der Waals surface area contributed by atoms with Gasteiger partial charge < -0.3 is 0 Å². The van der Waals surface area contributed by atoms with Gasteiger partial charge in [-0.2, -0.15) is 0 Å². The number of fused-ring (bicyclic) bond motifs is 1. The molecule has 0 N–H and O–H groups in total. The zero-order valence-corrected chi connectivity index (χ0v) is 12.3. The Kier molecular flexibility index (Phi) is 2.96. The molecule has 0 aliphatic carbocycles. The van der Waals surface area contributed by atoms with Crippen molar-refractivity contribution in [3.63, 3.8) is 0 Å². The van der Waals surface area contributed by atoms with E-state index in [9.17, 15) is 0 Å². The van der Waals surface area contributed by atoms with E-state index in [4.69, 9.17) is 0 Å². The average Bonchev–Trinajstić information content (AvgIpc) is 2.25. The zero-order chi connectivity index (χ0) is 13.6. The van der Waals surface area contributed by atoms with Gasteiger partial charge in [0.1, 0.15) is 0 Å². The molecule has 0 spiro atoms. The van der Waals surface area contributed by atoms with Crippen LogP contribution in [0.15, 0.2) is 30.5 Å². The van der Waals surface area contributed by atoms with Crippen LogP contribution in [0.1, 0.15) is 52.8 Å². The van der Waals surface area contributed by atoms with E-state index in [1.54, 1.807) is 0 Å². The third-order valence-corrected chi connectivity index (χ3v) is 3.36. The highest BCUT2D eigenvalue weighted by molar-refractivity contribution is 5.83. The maximum absolute atomic E-state index is 4.57. The molecule has 0 amide bonds. The standard InChI is InChI=1S/C17H23N/c1-16(2,3)14-8-7-12-11-18-15(17(4,5)6)10-13(12)9-14/h7-11H,1-6H3. The molecule has 0 atom stereocenters. The van der Waals surface area contributed by atoms with Gasteiger partial charge in [0.05, 0.1) is 0 Å². The molecule has 2 rings (SSSR count). The Bertz CT molecular complexity index is 519. The van der Waals surface area contributed by atoms with E-state index in [1.807, 2.05) is 6.20 Å². The highest BCUT2D eigenvalue weighted by atomic mass is 14.7. The fraction of sp³-hybridized carbons (Fsp3) is 0.471. The summed E-state index contributed by atoms with van der Waals surface area (Å²) in [5.74, 6) is 0.